The van der Waals surface area contributed by atoms with Crippen LogP contribution in [0.5, 0.6) is 5.75 Å². The van der Waals surface area contributed by atoms with Crippen molar-refractivity contribution in [3.05, 3.63) is 29.8 Å². The van der Waals surface area contributed by atoms with Crippen LogP contribution in [0.2, 0.25) is 0 Å². The predicted molar refractivity (Wildman–Crippen MR) is 58.9 cm³/mol. The Labute approximate surface area is 89.9 Å². The molecule has 2 heteroatoms. The van der Waals surface area contributed by atoms with Gasteiger partial charge in [-0.1, -0.05) is 19.1 Å². The number of ketones is 1. The highest BCUT2D eigenvalue weighted by Crippen LogP contribution is 2.35. The van der Waals surface area contributed by atoms with Gasteiger partial charge in [0.1, 0.15) is 11.5 Å². The molecule has 1 aromatic carbocycles. The van der Waals surface area contributed by atoms with E-state index in [9.17, 15) is 9.90 Å². The molecule has 2 unspecified atom stereocenters. The zero-order valence-corrected chi connectivity index (χ0v) is 8.94. The van der Waals surface area contributed by atoms with Crippen LogP contribution in [-0.4, -0.2) is 10.9 Å². The van der Waals surface area contributed by atoms with E-state index in [0.717, 1.165) is 19.3 Å². The van der Waals surface area contributed by atoms with Crippen molar-refractivity contribution in [2.24, 2.45) is 5.92 Å². The van der Waals surface area contributed by atoms with Crippen molar-refractivity contribution in [3.63, 3.8) is 0 Å². The zero-order valence-electron chi connectivity index (χ0n) is 8.94. The maximum Gasteiger partial charge on any atom is 0.136 e. The third-order valence-corrected chi connectivity index (χ3v) is 3.37. The highest BCUT2D eigenvalue weighted by atomic mass is 16.3. The molecule has 0 aliphatic heterocycles. The molecular formula is C13H16O2. The number of hydrogen-bond donors (Lipinski definition) is 1. The quantitative estimate of drug-likeness (QED) is 0.763. The lowest BCUT2D eigenvalue weighted by atomic mass is 9.76. The number of hydrogen-bond acceptors (Lipinski definition) is 2. The average Bonchev–Trinajstić information content (AvgIpc) is 2.24. The van der Waals surface area contributed by atoms with Crippen molar-refractivity contribution in [1.29, 1.82) is 0 Å². The summed E-state index contributed by atoms with van der Waals surface area (Å²) in [5.74, 6) is 1.13. The van der Waals surface area contributed by atoms with Crippen molar-refractivity contribution in [2.75, 3.05) is 0 Å². The fourth-order valence-corrected chi connectivity index (χ4v) is 2.38. The van der Waals surface area contributed by atoms with Gasteiger partial charge in [-0.2, -0.15) is 0 Å². The van der Waals surface area contributed by atoms with Gasteiger partial charge in [-0.25, -0.2) is 0 Å². The summed E-state index contributed by atoms with van der Waals surface area (Å²) in [5, 5.41) is 9.21. The van der Waals surface area contributed by atoms with Gasteiger partial charge >= 0.3 is 0 Å². The molecule has 0 aromatic heterocycles. The third-order valence-electron chi connectivity index (χ3n) is 3.37. The smallest absolute Gasteiger partial charge is 0.136 e. The number of rotatable bonds is 1. The van der Waals surface area contributed by atoms with E-state index in [-0.39, 0.29) is 11.7 Å². The van der Waals surface area contributed by atoms with Crippen LogP contribution in [0.15, 0.2) is 24.3 Å². The van der Waals surface area contributed by atoms with Crippen LogP contribution in [0, 0.1) is 5.92 Å². The fraction of sp³-hybridized carbons (Fsp3) is 0.462. The van der Waals surface area contributed by atoms with Gasteiger partial charge in [0, 0.05) is 12.3 Å². The molecule has 2 nitrogen and oxygen atoms in total. The molecule has 0 heterocycles. The van der Waals surface area contributed by atoms with Gasteiger partial charge in [-0.15, -0.1) is 0 Å². The molecule has 0 spiro atoms. The van der Waals surface area contributed by atoms with Crippen molar-refractivity contribution in [3.8, 4) is 5.75 Å². The van der Waals surface area contributed by atoms with E-state index in [0.29, 0.717) is 11.7 Å². The van der Waals surface area contributed by atoms with Crippen LogP contribution in [0.1, 0.15) is 37.7 Å². The van der Waals surface area contributed by atoms with Gasteiger partial charge in [0.2, 0.25) is 0 Å². The van der Waals surface area contributed by atoms with Gasteiger partial charge in [0.15, 0.2) is 0 Å². The second kappa shape index (κ2) is 4.05. The van der Waals surface area contributed by atoms with Crippen LogP contribution in [0.25, 0.3) is 0 Å². The maximum atomic E-state index is 11.6. The molecule has 0 bridgehead atoms. The first-order chi connectivity index (χ1) is 7.18. The molecule has 1 aliphatic carbocycles. The van der Waals surface area contributed by atoms with Crippen molar-refractivity contribution in [1.82, 2.24) is 0 Å². The molecule has 0 radical (unpaired) electrons. The standard InChI is InChI=1S/C13H16O2/c1-9-12(3-2-4-13(9)15)10-5-7-11(14)8-6-10/h5-9,12,14H,2-4H2,1H3. The van der Waals surface area contributed by atoms with Crippen molar-refractivity contribution < 1.29 is 9.90 Å². The topological polar surface area (TPSA) is 37.3 Å². The van der Waals surface area contributed by atoms with Crippen LogP contribution < -0.4 is 0 Å². The summed E-state index contributed by atoms with van der Waals surface area (Å²) >= 11 is 0. The van der Waals surface area contributed by atoms with Crippen molar-refractivity contribution >= 4 is 5.78 Å². The van der Waals surface area contributed by atoms with Gasteiger partial charge in [0.05, 0.1) is 0 Å². The summed E-state index contributed by atoms with van der Waals surface area (Å²) in [5.41, 5.74) is 1.17. The SMILES string of the molecule is CC1C(=O)CCCC1c1ccc(O)cc1. The Hall–Kier alpha value is -1.31. The number of carbonyl (C=O) groups is 1. The van der Waals surface area contributed by atoms with E-state index in [4.69, 9.17) is 0 Å². The monoisotopic (exact) mass is 204 g/mol. The summed E-state index contributed by atoms with van der Waals surface area (Å²) in [7, 11) is 0. The second-order valence-electron chi connectivity index (χ2n) is 4.35. The third kappa shape index (κ3) is 2.04. The summed E-state index contributed by atoms with van der Waals surface area (Å²) in [4.78, 5) is 11.6. The fourth-order valence-electron chi connectivity index (χ4n) is 2.38. The highest BCUT2D eigenvalue weighted by molar-refractivity contribution is 5.82. The van der Waals surface area contributed by atoms with E-state index in [1.807, 2.05) is 19.1 Å². The van der Waals surface area contributed by atoms with Gasteiger partial charge in [-0.05, 0) is 36.5 Å². The van der Waals surface area contributed by atoms with E-state index in [1.54, 1.807) is 12.1 Å². The Morgan fingerprint density at radius 3 is 2.60 bits per heavy atom. The second-order valence-corrected chi connectivity index (χ2v) is 4.35. The Balaban J connectivity index is 2.22. The lowest BCUT2D eigenvalue weighted by Crippen LogP contribution is -2.24. The Bertz CT molecular complexity index is 353. The summed E-state index contributed by atoms with van der Waals surface area (Å²) in [6.07, 6.45) is 2.81. The maximum absolute atomic E-state index is 11.6. The van der Waals surface area contributed by atoms with Crippen LogP contribution in [0.4, 0.5) is 0 Å². The molecule has 1 aliphatic rings. The normalized spacial score (nSPS) is 26.6. The molecule has 2 atom stereocenters. The first kappa shape index (κ1) is 10.2. The van der Waals surface area contributed by atoms with E-state index in [2.05, 4.69) is 0 Å². The van der Waals surface area contributed by atoms with Crippen LogP contribution >= 0.6 is 0 Å². The molecule has 1 aromatic rings. The predicted octanol–water partition coefficient (Wildman–Crippen LogP) is 2.86. The largest absolute Gasteiger partial charge is 0.508 e. The minimum atomic E-state index is 0.128. The summed E-state index contributed by atoms with van der Waals surface area (Å²) in [6, 6.07) is 7.24. The van der Waals surface area contributed by atoms with Crippen molar-refractivity contribution in [2.45, 2.75) is 32.1 Å². The Morgan fingerprint density at radius 2 is 1.93 bits per heavy atom. The number of phenols is 1. The highest BCUT2D eigenvalue weighted by Gasteiger charge is 2.28. The lowest BCUT2D eigenvalue weighted by Gasteiger charge is -2.27. The molecule has 0 saturated heterocycles. The number of aromatic hydroxyl groups is 1. The molecule has 0 amide bonds. The molecule has 15 heavy (non-hydrogen) atoms. The average molecular weight is 204 g/mol. The minimum Gasteiger partial charge on any atom is -0.508 e. The molecule has 1 N–H and O–H groups in total. The number of carbonyl (C=O) groups excluding carboxylic acids is 1. The van der Waals surface area contributed by atoms with Crippen LogP contribution in [0.3, 0.4) is 0 Å². The Morgan fingerprint density at radius 1 is 1.27 bits per heavy atom. The van der Waals surface area contributed by atoms with Crippen LogP contribution in [-0.2, 0) is 4.79 Å². The summed E-state index contributed by atoms with van der Waals surface area (Å²) < 4.78 is 0. The van der Waals surface area contributed by atoms with Gasteiger partial charge < -0.3 is 5.11 Å². The number of phenolic OH excluding ortho intramolecular Hbond substituents is 1. The number of Topliss-reactive ketones (excluding diaryl/α,β-unsaturated/α-hetero) is 1. The van der Waals surface area contributed by atoms with E-state index < -0.39 is 0 Å². The summed E-state index contributed by atoms with van der Waals surface area (Å²) in [6.45, 7) is 2.01. The molecule has 1 fully saturated rings. The molecule has 2 rings (SSSR count). The Kier molecular flexibility index (Phi) is 2.76. The first-order valence-corrected chi connectivity index (χ1v) is 5.50. The van der Waals surface area contributed by atoms with Gasteiger partial charge in [-0.3, -0.25) is 4.79 Å². The first-order valence-electron chi connectivity index (χ1n) is 5.50. The molecule has 80 valence electrons. The van der Waals surface area contributed by atoms with Gasteiger partial charge in [0.25, 0.3) is 0 Å². The molecule has 1 saturated carbocycles. The lowest BCUT2D eigenvalue weighted by molar-refractivity contribution is -0.124. The zero-order chi connectivity index (χ0) is 10.8. The van der Waals surface area contributed by atoms with E-state index in [1.165, 1.54) is 5.56 Å². The van der Waals surface area contributed by atoms with E-state index >= 15 is 0 Å². The minimum absolute atomic E-state index is 0.128. The number of benzene rings is 1. The molecular weight excluding hydrogens is 188 g/mol.